The molecule has 0 radical (unpaired) electrons. The fourth-order valence-corrected chi connectivity index (χ4v) is 0.231. The summed E-state index contributed by atoms with van der Waals surface area (Å²) >= 11 is 0. The lowest BCUT2D eigenvalue weighted by molar-refractivity contribution is 0.404. The second kappa shape index (κ2) is 1.57. The molecule has 0 aromatic carbocycles. The van der Waals surface area contributed by atoms with Crippen LogP contribution in [0.5, 0.6) is 0 Å². The zero-order chi connectivity index (χ0) is 5.11. The molecule has 1 aromatic rings. The van der Waals surface area contributed by atoms with E-state index in [-0.39, 0.29) is 0 Å². The maximum Gasteiger partial charge on any atom is 0.259 e. The molecule has 5 heteroatoms. The molecule has 0 saturated heterocycles. The minimum absolute atomic E-state index is 0.361. The van der Waals surface area contributed by atoms with Crippen LogP contribution >= 0.6 is 0 Å². The minimum Gasteiger partial charge on any atom is -0.318 e. The first-order valence-electron chi connectivity index (χ1n) is 1.67. The van der Waals surface area contributed by atoms with Crippen LogP contribution in [-0.2, 0) is 0 Å². The second-order valence-electron chi connectivity index (χ2n) is 0.926. The largest absolute Gasteiger partial charge is 0.318 e. The fourth-order valence-electron chi connectivity index (χ4n) is 0.231. The van der Waals surface area contributed by atoms with Gasteiger partial charge in [-0.05, 0) is 0 Å². The Bertz CT molecular complexity index is 124. The molecule has 0 unspecified atom stereocenters. The van der Waals surface area contributed by atoms with E-state index in [4.69, 9.17) is 5.84 Å². The highest BCUT2D eigenvalue weighted by Crippen LogP contribution is 1.94. The standard InChI is InChI=1S/C2H4N4O/c3-5-2-1-4-6-7-2/h1,5H,3H2. The summed E-state index contributed by atoms with van der Waals surface area (Å²) in [5.74, 6) is 5.23. The lowest BCUT2D eigenvalue weighted by Crippen LogP contribution is -2.04. The Balaban J connectivity index is 2.76. The molecule has 38 valence electrons. The number of aromatic nitrogens is 2. The van der Waals surface area contributed by atoms with Gasteiger partial charge >= 0.3 is 0 Å². The molecule has 7 heavy (non-hydrogen) atoms. The molecule has 0 amide bonds. The van der Waals surface area contributed by atoms with Gasteiger partial charge in [0.1, 0.15) is 6.20 Å². The molecule has 5 nitrogen and oxygen atoms in total. The first kappa shape index (κ1) is 4.07. The van der Waals surface area contributed by atoms with Crippen LogP contribution in [0.2, 0.25) is 0 Å². The molecule has 0 saturated carbocycles. The Morgan fingerprint density at radius 3 is 3.00 bits per heavy atom. The van der Waals surface area contributed by atoms with E-state index < -0.39 is 0 Å². The summed E-state index contributed by atoms with van der Waals surface area (Å²) in [6.07, 6.45) is 1.38. The van der Waals surface area contributed by atoms with Gasteiger partial charge in [0, 0.05) is 5.27 Å². The summed E-state index contributed by atoms with van der Waals surface area (Å²) < 4.78 is 4.39. The van der Waals surface area contributed by atoms with E-state index in [1.807, 2.05) is 0 Å². The zero-order valence-electron chi connectivity index (χ0n) is 3.46. The minimum atomic E-state index is 0.361. The third-order valence-electron chi connectivity index (χ3n) is 0.504. The highest BCUT2D eigenvalue weighted by atomic mass is 16.5. The van der Waals surface area contributed by atoms with Crippen LogP contribution in [0.1, 0.15) is 0 Å². The topological polar surface area (TPSA) is 77.0 Å². The molecule has 3 N–H and O–H groups in total. The summed E-state index contributed by atoms with van der Waals surface area (Å²) in [6, 6.07) is 0. The molecule has 1 rings (SSSR count). The number of nitrogens with one attached hydrogen (secondary N) is 1. The predicted octanol–water partition coefficient (Wildman–Crippen LogP) is -0.645. The first-order chi connectivity index (χ1) is 3.43. The van der Waals surface area contributed by atoms with Crippen molar-refractivity contribution in [1.82, 2.24) is 10.4 Å². The van der Waals surface area contributed by atoms with Crippen molar-refractivity contribution in [2.45, 2.75) is 0 Å². The van der Waals surface area contributed by atoms with Gasteiger partial charge in [-0.2, -0.15) is 0 Å². The van der Waals surface area contributed by atoms with Gasteiger partial charge in [-0.1, -0.05) is 0 Å². The summed E-state index contributed by atoms with van der Waals surface area (Å²) in [7, 11) is 0. The Labute approximate surface area is 39.4 Å². The maximum atomic E-state index is 4.87. The summed E-state index contributed by atoms with van der Waals surface area (Å²) in [5.41, 5.74) is 2.22. The van der Waals surface area contributed by atoms with Gasteiger partial charge in [-0.25, -0.2) is 5.84 Å². The Morgan fingerprint density at radius 2 is 2.71 bits per heavy atom. The van der Waals surface area contributed by atoms with E-state index in [1.54, 1.807) is 0 Å². The molecule has 0 atom stereocenters. The van der Waals surface area contributed by atoms with E-state index in [2.05, 4.69) is 20.3 Å². The molecule has 0 aliphatic heterocycles. The van der Waals surface area contributed by atoms with E-state index in [0.717, 1.165) is 0 Å². The number of nitrogen functional groups attached to an aromatic ring is 1. The summed E-state index contributed by atoms with van der Waals surface area (Å²) in [6.45, 7) is 0. The van der Waals surface area contributed by atoms with Crippen LogP contribution in [0.25, 0.3) is 0 Å². The highest BCUT2D eigenvalue weighted by Gasteiger charge is 1.86. The lowest BCUT2D eigenvalue weighted by Gasteiger charge is -1.81. The maximum absolute atomic E-state index is 4.87. The van der Waals surface area contributed by atoms with Crippen molar-refractivity contribution in [3.05, 3.63) is 6.20 Å². The van der Waals surface area contributed by atoms with Crippen LogP contribution in [0.3, 0.4) is 0 Å². The monoisotopic (exact) mass is 100 g/mol. The molecular weight excluding hydrogens is 96.0 g/mol. The molecule has 0 aliphatic rings. The Morgan fingerprint density at radius 1 is 1.86 bits per heavy atom. The van der Waals surface area contributed by atoms with Crippen LogP contribution in [0.15, 0.2) is 10.7 Å². The van der Waals surface area contributed by atoms with E-state index in [0.29, 0.717) is 5.88 Å². The average Bonchev–Trinajstić information content (AvgIpc) is 2.14. The van der Waals surface area contributed by atoms with Crippen molar-refractivity contribution in [3.63, 3.8) is 0 Å². The predicted molar refractivity (Wildman–Crippen MR) is 22.1 cm³/mol. The Kier molecular flexibility index (Phi) is 0.910. The highest BCUT2D eigenvalue weighted by molar-refractivity contribution is 5.20. The van der Waals surface area contributed by atoms with Gasteiger partial charge in [0.25, 0.3) is 5.88 Å². The van der Waals surface area contributed by atoms with E-state index in [1.165, 1.54) is 6.20 Å². The van der Waals surface area contributed by atoms with Gasteiger partial charge < -0.3 is 4.52 Å². The van der Waals surface area contributed by atoms with Gasteiger partial charge in [-0.15, -0.1) is 5.10 Å². The van der Waals surface area contributed by atoms with Crippen molar-refractivity contribution in [2.75, 3.05) is 5.43 Å². The summed E-state index contributed by atoms with van der Waals surface area (Å²) in [4.78, 5) is 0. The zero-order valence-corrected chi connectivity index (χ0v) is 3.46. The quantitative estimate of drug-likeness (QED) is 0.362. The van der Waals surface area contributed by atoms with Gasteiger partial charge in [0.15, 0.2) is 0 Å². The SMILES string of the molecule is NNc1cnno1. The second-order valence-corrected chi connectivity index (χ2v) is 0.926. The van der Waals surface area contributed by atoms with E-state index in [9.17, 15) is 0 Å². The first-order valence-corrected chi connectivity index (χ1v) is 1.67. The third kappa shape index (κ3) is 0.660. The average molecular weight is 100 g/mol. The van der Waals surface area contributed by atoms with Crippen LogP contribution in [0.4, 0.5) is 5.88 Å². The summed E-state index contributed by atoms with van der Waals surface area (Å²) in [5, 5.41) is 6.46. The number of hydrogen-bond donors (Lipinski definition) is 2. The van der Waals surface area contributed by atoms with Crippen molar-refractivity contribution in [3.8, 4) is 0 Å². The van der Waals surface area contributed by atoms with Crippen molar-refractivity contribution >= 4 is 5.88 Å². The molecule has 0 spiro atoms. The fraction of sp³-hybridized carbons (Fsp3) is 0. The number of anilines is 1. The van der Waals surface area contributed by atoms with Crippen molar-refractivity contribution < 1.29 is 4.52 Å². The number of rotatable bonds is 1. The molecule has 1 heterocycles. The number of hydrogen-bond acceptors (Lipinski definition) is 5. The normalized spacial score (nSPS) is 8.71. The molecule has 0 fully saturated rings. The molecular formula is C2H4N4O. The van der Waals surface area contributed by atoms with Gasteiger partial charge in [-0.3, -0.25) is 5.43 Å². The van der Waals surface area contributed by atoms with E-state index >= 15 is 0 Å². The van der Waals surface area contributed by atoms with Gasteiger partial charge in [0.05, 0.1) is 0 Å². The number of nitrogens with two attached hydrogens (primary N) is 1. The van der Waals surface area contributed by atoms with Crippen LogP contribution in [0, 0.1) is 0 Å². The molecule has 0 bridgehead atoms. The molecule has 0 aliphatic carbocycles. The molecule has 1 aromatic heterocycles. The number of nitrogens with zero attached hydrogens (tertiary/aromatic N) is 2. The van der Waals surface area contributed by atoms with Crippen LogP contribution < -0.4 is 11.3 Å². The lowest BCUT2D eigenvalue weighted by atomic mass is 10.8. The van der Waals surface area contributed by atoms with Crippen LogP contribution in [-0.4, -0.2) is 10.4 Å². The van der Waals surface area contributed by atoms with Crippen molar-refractivity contribution in [2.24, 2.45) is 5.84 Å². The van der Waals surface area contributed by atoms with Crippen molar-refractivity contribution in [1.29, 1.82) is 0 Å². The number of hydrazine groups is 1. The third-order valence-corrected chi connectivity index (χ3v) is 0.504. The smallest absolute Gasteiger partial charge is 0.259 e. The van der Waals surface area contributed by atoms with Gasteiger partial charge in [0.2, 0.25) is 0 Å². The Hall–Kier alpha value is -1.10.